The number of benzene rings is 1. The number of anilines is 1. The third-order valence-electron chi connectivity index (χ3n) is 2.84. The van der Waals surface area contributed by atoms with E-state index >= 15 is 0 Å². The van der Waals surface area contributed by atoms with Crippen molar-refractivity contribution in [1.82, 2.24) is 10.6 Å². The number of hydrogen-bond donors (Lipinski definition) is 4. The lowest BCUT2D eigenvalue weighted by Crippen LogP contribution is -2.49. The summed E-state index contributed by atoms with van der Waals surface area (Å²) in [4.78, 5) is 34.5. The number of carboxylic acid groups (broad SMARTS) is 1. The molecule has 4 N–H and O–H groups in total. The molecule has 0 saturated heterocycles. The maximum atomic E-state index is 12.0. The molecule has 0 aliphatic carbocycles. The smallest absolute Gasteiger partial charge is 0.322 e. The van der Waals surface area contributed by atoms with Crippen LogP contribution >= 0.6 is 15.9 Å². The molecule has 0 fully saturated rings. The highest BCUT2D eigenvalue weighted by Gasteiger charge is 2.22. The predicted molar refractivity (Wildman–Crippen MR) is 90.2 cm³/mol. The third kappa shape index (κ3) is 7.64. The predicted octanol–water partition coefficient (Wildman–Crippen LogP) is 2.19. The number of urea groups is 1. The van der Waals surface area contributed by atoms with Crippen molar-refractivity contribution in [3.63, 3.8) is 0 Å². The van der Waals surface area contributed by atoms with Crippen LogP contribution < -0.4 is 16.0 Å². The summed E-state index contributed by atoms with van der Waals surface area (Å²) in [5, 5.41) is 16.1. The third-order valence-corrected chi connectivity index (χ3v) is 3.37. The molecule has 7 nitrogen and oxygen atoms in total. The van der Waals surface area contributed by atoms with E-state index in [9.17, 15) is 14.4 Å². The molecule has 0 aromatic heterocycles. The van der Waals surface area contributed by atoms with Crippen LogP contribution in [0.25, 0.3) is 0 Å². The Labute approximate surface area is 143 Å². The van der Waals surface area contributed by atoms with E-state index in [-0.39, 0.29) is 5.92 Å². The molecule has 0 aliphatic rings. The van der Waals surface area contributed by atoms with Crippen LogP contribution in [0, 0.1) is 5.92 Å². The van der Waals surface area contributed by atoms with Crippen molar-refractivity contribution in [3.05, 3.63) is 28.7 Å². The monoisotopic (exact) mass is 385 g/mol. The van der Waals surface area contributed by atoms with E-state index < -0.39 is 30.5 Å². The van der Waals surface area contributed by atoms with Crippen LogP contribution in [0.15, 0.2) is 28.7 Å². The second-order valence-corrected chi connectivity index (χ2v) is 6.31. The molecule has 23 heavy (non-hydrogen) atoms. The van der Waals surface area contributed by atoms with E-state index in [1.807, 2.05) is 13.8 Å². The number of carbonyl (C=O) groups is 3. The first-order valence-electron chi connectivity index (χ1n) is 7.10. The van der Waals surface area contributed by atoms with Gasteiger partial charge >= 0.3 is 12.0 Å². The van der Waals surface area contributed by atoms with Gasteiger partial charge in [-0.05, 0) is 36.6 Å². The average Bonchev–Trinajstić information content (AvgIpc) is 2.46. The molecular formula is C15H20BrN3O4. The van der Waals surface area contributed by atoms with Crippen LogP contribution in [-0.4, -0.2) is 35.6 Å². The zero-order valence-electron chi connectivity index (χ0n) is 12.9. The highest BCUT2D eigenvalue weighted by molar-refractivity contribution is 9.10. The van der Waals surface area contributed by atoms with Gasteiger partial charge in [0.25, 0.3) is 0 Å². The molecule has 1 unspecified atom stereocenters. The Balaban J connectivity index is 2.64. The van der Waals surface area contributed by atoms with E-state index in [2.05, 4.69) is 31.9 Å². The molecule has 1 aromatic rings. The molecule has 0 bridgehead atoms. The van der Waals surface area contributed by atoms with Gasteiger partial charge < -0.3 is 21.1 Å². The largest absolute Gasteiger partial charge is 0.480 e. The molecular weight excluding hydrogens is 366 g/mol. The van der Waals surface area contributed by atoms with Gasteiger partial charge in [0, 0.05) is 10.2 Å². The summed E-state index contributed by atoms with van der Waals surface area (Å²) in [6.07, 6.45) is 0.402. The fourth-order valence-corrected chi connectivity index (χ4v) is 2.11. The molecule has 3 amide bonds. The lowest BCUT2D eigenvalue weighted by atomic mass is 10.0. The van der Waals surface area contributed by atoms with Crippen molar-refractivity contribution in [3.8, 4) is 0 Å². The molecule has 0 heterocycles. The molecule has 0 radical (unpaired) electrons. The van der Waals surface area contributed by atoms with Crippen molar-refractivity contribution in [2.45, 2.75) is 26.3 Å². The summed E-state index contributed by atoms with van der Waals surface area (Å²) >= 11 is 3.30. The number of aliphatic carboxylic acids is 1. The van der Waals surface area contributed by atoms with E-state index in [1.165, 1.54) is 0 Å². The number of nitrogens with one attached hydrogen (secondary N) is 3. The molecule has 1 atom stereocenters. The fourth-order valence-electron chi connectivity index (χ4n) is 1.85. The maximum Gasteiger partial charge on any atom is 0.322 e. The second-order valence-electron chi connectivity index (χ2n) is 5.40. The first-order chi connectivity index (χ1) is 10.8. The van der Waals surface area contributed by atoms with Gasteiger partial charge in [0.2, 0.25) is 5.91 Å². The Hall–Kier alpha value is -2.09. The van der Waals surface area contributed by atoms with Gasteiger partial charge in [-0.3, -0.25) is 9.59 Å². The van der Waals surface area contributed by atoms with Gasteiger partial charge in [0.1, 0.15) is 12.6 Å². The quantitative estimate of drug-likeness (QED) is 0.576. The van der Waals surface area contributed by atoms with E-state index in [1.54, 1.807) is 24.3 Å². The van der Waals surface area contributed by atoms with Crippen LogP contribution in [0.5, 0.6) is 0 Å². The van der Waals surface area contributed by atoms with Gasteiger partial charge in [-0.15, -0.1) is 0 Å². The van der Waals surface area contributed by atoms with Crippen molar-refractivity contribution >= 4 is 39.5 Å². The van der Waals surface area contributed by atoms with Crippen LogP contribution in [0.2, 0.25) is 0 Å². The first-order valence-corrected chi connectivity index (χ1v) is 7.89. The number of amides is 3. The molecule has 0 aliphatic heterocycles. The van der Waals surface area contributed by atoms with Crippen molar-refractivity contribution in [2.75, 3.05) is 11.9 Å². The number of rotatable bonds is 7. The molecule has 0 saturated carbocycles. The average molecular weight is 386 g/mol. The Kier molecular flexibility index (Phi) is 7.53. The summed E-state index contributed by atoms with van der Waals surface area (Å²) in [6.45, 7) is 3.33. The van der Waals surface area contributed by atoms with Crippen LogP contribution in [0.4, 0.5) is 10.5 Å². The SMILES string of the molecule is CC(C)CC(NC(=O)Nc1ccc(Br)cc1)C(=O)NCC(=O)O. The Morgan fingerprint density at radius 1 is 1.17 bits per heavy atom. The molecule has 126 valence electrons. The summed E-state index contributed by atoms with van der Waals surface area (Å²) in [5.41, 5.74) is 0.583. The normalized spacial score (nSPS) is 11.7. The van der Waals surface area contributed by atoms with Crippen molar-refractivity contribution in [1.29, 1.82) is 0 Å². The topological polar surface area (TPSA) is 108 Å². The Morgan fingerprint density at radius 3 is 2.30 bits per heavy atom. The summed E-state index contributed by atoms with van der Waals surface area (Å²) < 4.78 is 0.884. The Bertz CT molecular complexity index is 560. The minimum Gasteiger partial charge on any atom is -0.480 e. The lowest BCUT2D eigenvalue weighted by Gasteiger charge is -2.20. The van der Waals surface area contributed by atoms with Gasteiger partial charge in [-0.2, -0.15) is 0 Å². The standard InChI is InChI=1S/C15H20BrN3O4/c1-9(2)7-12(14(22)17-8-13(20)21)19-15(23)18-11-5-3-10(16)4-6-11/h3-6,9,12H,7-8H2,1-2H3,(H,17,22)(H,20,21)(H2,18,19,23). The van der Waals surface area contributed by atoms with Gasteiger partial charge in [-0.25, -0.2) is 4.79 Å². The highest BCUT2D eigenvalue weighted by atomic mass is 79.9. The van der Waals surface area contributed by atoms with Gasteiger partial charge in [-0.1, -0.05) is 29.8 Å². The van der Waals surface area contributed by atoms with E-state index in [4.69, 9.17) is 5.11 Å². The summed E-state index contributed by atoms with van der Waals surface area (Å²) in [6, 6.07) is 5.66. The number of carboxylic acids is 1. The molecule has 1 aromatic carbocycles. The zero-order chi connectivity index (χ0) is 17.4. The zero-order valence-corrected chi connectivity index (χ0v) is 14.5. The summed E-state index contributed by atoms with van der Waals surface area (Å²) in [5.74, 6) is -1.50. The fraction of sp³-hybridized carbons (Fsp3) is 0.400. The van der Waals surface area contributed by atoms with E-state index in [0.717, 1.165) is 4.47 Å². The van der Waals surface area contributed by atoms with Crippen molar-refractivity contribution < 1.29 is 19.5 Å². The van der Waals surface area contributed by atoms with E-state index in [0.29, 0.717) is 12.1 Å². The second kappa shape index (κ2) is 9.14. The lowest BCUT2D eigenvalue weighted by molar-refractivity contribution is -0.138. The number of hydrogen-bond acceptors (Lipinski definition) is 3. The Morgan fingerprint density at radius 2 is 1.78 bits per heavy atom. The van der Waals surface area contributed by atoms with Crippen LogP contribution in [0.3, 0.4) is 0 Å². The number of carbonyl (C=O) groups excluding carboxylic acids is 2. The van der Waals surface area contributed by atoms with Crippen molar-refractivity contribution in [2.24, 2.45) is 5.92 Å². The van der Waals surface area contributed by atoms with Gasteiger partial charge in [0.05, 0.1) is 0 Å². The maximum absolute atomic E-state index is 12.0. The van der Waals surface area contributed by atoms with Gasteiger partial charge in [0.15, 0.2) is 0 Å². The highest BCUT2D eigenvalue weighted by Crippen LogP contribution is 2.14. The molecule has 1 rings (SSSR count). The van der Waals surface area contributed by atoms with Crippen LogP contribution in [0.1, 0.15) is 20.3 Å². The number of halogens is 1. The molecule has 0 spiro atoms. The summed E-state index contributed by atoms with van der Waals surface area (Å²) in [7, 11) is 0. The molecule has 8 heteroatoms. The minimum atomic E-state index is -1.14. The first kappa shape index (κ1) is 19.0. The minimum absolute atomic E-state index is 0.156. The van der Waals surface area contributed by atoms with Crippen LogP contribution in [-0.2, 0) is 9.59 Å².